The smallest absolute Gasteiger partial charge is 0.243 e. The van der Waals surface area contributed by atoms with Crippen LogP contribution in [0.25, 0.3) is 0 Å². The summed E-state index contributed by atoms with van der Waals surface area (Å²) in [5.74, 6) is 1.21. The molecule has 0 aromatic carbocycles. The van der Waals surface area contributed by atoms with Crippen LogP contribution in [0.5, 0.6) is 0 Å². The predicted molar refractivity (Wildman–Crippen MR) is 62.5 cm³/mol. The quantitative estimate of drug-likeness (QED) is 0.660. The number of anilines is 3. The van der Waals surface area contributed by atoms with E-state index in [0.29, 0.717) is 17.3 Å². The van der Waals surface area contributed by atoms with Crippen LogP contribution in [0, 0.1) is 0 Å². The van der Waals surface area contributed by atoms with Gasteiger partial charge in [-0.1, -0.05) is 0 Å². The number of hydrogen-bond donors (Lipinski definition) is 3. The molecule has 0 spiro atoms. The average Bonchev–Trinajstić information content (AvgIpc) is 2.17. The van der Waals surface area contributed by atoms with Crippen molar-refractivity contribution < 1.29 is 4.79 Å². The zero-order valence-electron chi connectivity index (χ0n) is 9.59. The van der Waals surface area contributed by atoms with Crippen LogP contribution in [0.15, 0.2) is 6.33 Å². The fraction of sp³-hybridized carbons (Fsp3) is 0.500. The van der Waals surface area contributed by atoms with Gasteiger partial charge in [0.1, 0.15) is 12.0 Å². The Bertz CT molecular complexity index is 424. The number of hydrogen-bond acceptors (Lipinski definition) is 5. The van der Waals surface area contributed by atoms with Crippen LogP contribution in [-0.2, 0) is 4.79 Å². The molecule has 1 aromatic rings. The van der Waals surface area contributed by atoms with Crippen molar-refractivity contribution in [1.82, 2.24) is 9.97 Å². The van der Waals surface area contributed by atoms with Gasteiger partial charge in [-0.05, 0) is 20.8 Å². The fourth-order valence-electron chi connectivity index (χ4n) is 1.44. The lowest BCUT2D eigenvalue weighted by Gasteiger charge is -2.25. The van der Waals surface area contributed by atoms with Gasteiger partial charge in [0.25, 0.3) is 0 Å². The third-order valence-electron chi connectivity index (χ3n) is 2.02. The molecule has 0 fully saturated rings. The first-order valence-electron chi connectivity index (χ1n) is 5.12. The van der Waals surface area contributed by atoms with Crippen molar-refractivity contribution in [2.75, 3.05) is 22.5 Å². The lowest BCUT2D eigenvalue weighted by Crippen LogP contribution is -2.32. The van der Waals surface area contributed by atoms with Gasteiger partial charge >= 0.3 is 0 Å². The number of carbonyl (C=O) groups excluding carboxylic acids is 1. The molecule has 1 aliphatic heterocycles. The molecule has 0 atom stereocenters. The van der Waals surface area contributed by atoms with Crippen molar-refractivity contribution in [1.29, 1.82) is 0 Å². The van der Waals surface area contributed by atoms with Gasteiger partial charge in [-0.3, -0.25) is 4.79 Å². The molecule has 6 nitrogen and oxygen atoms in total. The minimum Gasteiger partial charge on any atom is -0.364 e. The maximum atomic E-state index is 11.3. The summed E-state index contributed by atoms with van der Waals surface area (Å²) in [4.78, 5) is 19.5. The van der Waals surface area contributed by atoms with E-state index >= 15 is 0 Å². The van der Waals surface area contributed by atoms with E-state index < -0.39 is 0 Å². The standard InChI is InChI=1S/C10H15N5O/c1-10(2,3)15-9-7-8(12-5-13-9)11-4-6(16)14-7/h5H,4H2,1-3H3,(H,14,16)(H2,11,12,13,15). The molecule has 86 valence electrons. The molecule has 0 aliphatic carbocycles. The molecule has 0 saturated carbocycles. The lowest BCUT2D eigenvalue weighted by atomic mass is 10.1. The monoisotopic (exact) mass is 221 g/mol. The summed E-state index contributed by atoms with van der Waals surface area (Å²) >= 11 is 0. The van der Waals surface area contributed by atoms with Crippen LogP contribution in [0.4, 0.5) is 17.3 Å². The topological polar surface area (TPSA) is 78.9 Å². The molecule has 0 unspecified atom stereocenters. The highest BCUT2D eigenvalue weighted by molar-refractivity contribution is 6.02. The summed E-state index contributed by atoms with van der Waals surface area (Å²) in [7, 11) is 0. The number of nitrogens with one attached hydrogen (secondary N) is 3. The lowest BCUT2D eigenvalue weighted by molar-refractivity contribution is -0.114. The number of aromatic nitrogens is 2. The summed E-state index contributed by atoms with van der Waals surface area (Å²) in [6, 6.07) is 0. The van der Waals surface area contributed by atoms with Crippen LogP contribution in [-0.4, -0.2) is 28.0 Å². The Labute approximate surface area is 93.9 Å². The Hall–Kier alpha value is -1.85. The zero-order chi connectivity index (χ0) is 11.8. The number of rotatable bonds is 1. The van der Waals surface area contributed by atoms with Crippen LogP contribution < -0.4 is 16.0 Å². The Morgan fingerprint density at radius 2 is 2.12 bits per heavy atom. The van der Waals surface area contributed by atoms with Gasteiger partial charge in [0.15, 0.2) is 11.6 Å². The molecule has 0 bridgehead atoms. The van der Waals surface area contributed by atoms with Gasteiger partial charge < -0.3 is 16.0 Å². The van der Waals surface area contributed by atoms with Gasteiger partial charge in [0.2, 0.25) is 5.91 Å². The highest BCUT2D eigenvalue weighted by Crippen LogP contribution is 2.30. The molecule has 1 amide bonds. The number of carbonyl (C=O) groups is 1. The second-order valence-electron chi connectivity index (χ2n) is 4.72. The number of nitrogens with zero attached hydrogens (tertiary/aromatic N) is 2. The molecule has 2 heterocycles. The summed E-state index contributed by atoms with van der Waals surface area (Å²) in [6.45, 7) is 6.33. The van der Waals surface area contributed by atoms with Crippen molar-refractivity contribution in [3.05, 3.63) is 6.33 Å². The first kappa shape index (κ1) is 10.7. The third kappa shape index (κ3) is 2.21. The van der Waals surface area contributed by atoms with Gasteiger partial charge in [0.05, 0.1) is 6.54 Å². The summed E-state index contributed by atoms with van der Waals surface area (Å²) < 4.78 is 0. The van der Waals surface area contributed by atoms with Gasteiger partial charge in [-0.2, -0.15) is 0 Å². The van der Waals surface area contributed by atoms with E-state index in [1.807, 2.05) is 20.8 Å². The third-order valence-corrected chi connectivity index (χ3v) is 2.02. The predicted octanol–water partition coefficient (Wildman–Crippen LogP) is 1.05. The van der Waals surface area contributed by atoms with E-state index in [4.69, 9.17) is 0 Å². The van der Waals surface area contributed by atoms with E-state index in [9.17, 15) is 4.79 Å². The SMILES string of the molecule is CC(C)(C)Nc1ncnc2c1NC(=O)CN2. The Morgan fingerprint density at radius 1 is 1.38 bits per heavy atom. The van der Waals surface area contributed by atoms with Crippen LogP contribution in [0.1, 0.15) is 20.8 Å². The Morgan fingerprint density at radius 3 is 2.81 bits per heavy atom. The first-order valence-corrected chi connectivity index (χ1v) is 5.12. The molecule has 1 aliphatic rings. The van der Waals surface area contributed by atoms with Gasteiger partial charge in [0, 0.05) is 5.54 Å². The molecule has 16 heavy (non-hydrogen) atoms. The van der Waals surface area contributed by atoms with Crippen LogP contribution >= 0.6 is 0 Å². The molecular formula is C10H15N5O. The summed E-state index contributed by atoms with van der Waals surface area (Å²) in [6.07, 6.45) is 1.47. The van der Waals surface area contributed by atoms with E-state index in [1.54, 1.807) is 0 Å². The molecule has 0 saturated heterocycles. The van der Waals surface area contributed by atoms with Crippen molar-refractivity contribution in [2.45, 2.75) is 26.3 Å². The van der Waals surface area contributed by atoms with Gasteiger partial charge in [-0.15, -0.1) is 0 Å². The second-order valence-corrected chi connectivity index (χ2v) is 4.72. The molecule has 0 radical (unpaired) electrons. The van der Waals surface area contributed by atoms with Crippen LogP contribution in [0.3, 0.4) is 0 Å². The molecule has 2 rings (SSSR count). The van der Waals surface area contributed by atoms with E-state index in [2.05, 4.69) is 25.9 Å². The Kier molecular flexibility index (Phi) is 2.41. The summed E-state index contributed by atoms with van der Waals surface area (Å²) in [5.41, 5.74) is 0.498. The molecule has 1 aromatic heterocycles. The fourth-order valence-corrected chi connectivity index (χ4v) is 1.44. The first-order chi connectivity index (χ1) is 7.46. The minimum absolute atomic E-state index is 0.0840. The summed E-state index contributed by atoms with van der Waals surface area (Å²) in [5, 5.41) is 8.92. The van der Waals surface area contributed by atoms with Gasteiger partial charge in [-0.25, -0.2) is 9.97 Å². The van der Waals surface area contributed by atoms with E-state index in [0.717, 1.165) is 0 Å². The van der Waals surface area contributed by atoms with E-state index in [-0.39, 0.29) is 18.0 Å². The zero-order valence-corrected chi connectivity index (χ0v) is 9.59. The average molecular weight is 221 g/mol. The molecule has 6 heteroatoms. The number of amides is 1. The maximum absolute atomic E-state index is 11.3. The van der Waals surface area contributed by atoms with Crippen molar-refractivity contribution in [2.24, 2.45) is 0 Å². The van der Waals surface area contributed by atoms with Crippen molar-refractivity contribution in [3.8, 4) is 0 Å². The van der Waals surface area contributed by atoms with Crippen LogP contribution in [0.2, 0.25) is 0 Å². The number of fused-ring (bicyclic) bond motifs is 1. The Balaban J connectivity index is 2.36. The van der Waals surface area contributed by atoms with Crippen molar-refractivity contribution in [3.63, 3.8) is 0 Å². The highest BCUT2D eigenvalue weighted by atomic mass is 16.2. The second kappa shape index (κ2) is 3.62. The maximum Gasteiger partial charge on any atom is 0.243 e. The highest BCUT2D eigenvalue weighted by Gasteiger charge is 2.21. The molecule has 3 N–H and O–H groups in total. The normalized spacial score (nSPS) is 14.8. The van der Waals surface area contributed by atoms with Crippen molar-refractivity contribution >= 4 is 23.2 Å². The largest absolute Gasteiger partial charge is 0.364 e. The van der Waals surface area contributed by atoms with E-state index in [1.165, 1.54) is 6.33 Å². The minimum atomic E-state index is -0.121. The molecular weight excluding hydrogens is 206 g/mol.